The van der Waals surface area contributed by atoms with Crippen molar-refractivity contribution in [2.75, 3.05) is 39.7 Å². The van der Waals surface area contributed by atoms with Crippen LogP contribution in [-0.2, 0) is 14.8 Å². The summed E-state index contributed by atoms with van der Waals surface area (Å²) in [5, 5.41) is 10.9. The fourth-order valence-electron chi connectivity index (χ4n) is 3.93. The third-order valence-electron chi connectivity index (χ3n) is 5.77. The topological polar surface area (TPSA) is 133 Å². The normalized spacial score (nSPS) is 16.4. The summed E-state index contributed by atoms with van der Waals surface area (Å²) in [5.74, 6) is 0.343. The highest BCUT2D eigenvalue weighted by Crippen LogP contribution is 2.41. The standard InChI is InChI=1S/C23H25ClN4O7S/c1-32-18-11-15(12-19(33-2)20(18)34-3)22-26-27-23(35-22)25-21(29)14-5-4-10-28(13-14)36(30,31)17-8-6-16(24)7-9-17/h6-9,11-12,14H,4-5,10,13H2,1-3H3,(H,25,27,29). The summed E-state index contributed by atoms with van der Waals surface area (Å²) >= 11 is 5.87. The molecule has 192 valence electrons. The Kier molecular flexibility index (Phi) is 7.67. The molecule has 0 radical (unpaired) electrons. The predicted octanol–water partition coefficient (Wildman–Crippen LogP) is 3.46. The smallest absolute Gasteiger partial charge is 0.322 e. The van der Waals surface area contributed by atoms with E-state index in [0.717, 1.165) is 0 Å². The van der Waals surface area contributed by atoms with Gasteiger partial charge in [-0.15, -0.1) is 5.10 Å². The number of benzene rings is 2. The van der Waals surface area contributed by atoms with Gasteiger partial charge in [-0.3, -0.25) is 10.1 Å². The minimum Gasteiger partial charge on any atom is -0.493 e. The number of anilines is 1. The van der Waals surface area contributed by atoms with E-state index in [4.69, 9.17) is 30.2 Å². The SMILES string of the molecule is COc1cc(-c2nnc(NC(=O)C3CCCN(S(=O)(=O)c4ccc(Cl)cc4)C3)o2)cc(OC)c1OC. The quantitative estimate of drug-likeness (QED) is 0.459. The Bertz CT molecular complexity index is 1320. The van der Waals surface area contributed by atoms with Crippen molar-refractivity contribution in [1.29, 1.82) is 0 Å². The van der Waals surface area contributed by atoms with E-state index in [2.05, 4.69) is 15.5 Å². The molecule has 1 atom stereocenters. The summed E-state index contributed by atoms with van der Waals surface area (Å²) in [5.41, 5.74) is 0.496. The van der Waals surface area contributed by atoms with Gasteiger partial charge in [-0.1, -0.05) is 16.7 Å². The van der Waals surface area contributed by atoms with E-state index in [1.807, 2.05) is 0 Å². The van der Waals surface area contributed by atoms with Crippen LogP contribution >= 0.6 is 11.6 Å². The van der Waals surface area contributed by atoms with Gasteiger partial charge >= 0.3 is 6.01 Å². The van der Waals surface area contributed by atoms with E-state index in [1.165, 1.54) is 49.9 Å². The van der Waals surface area contributed by atoms with Crippen LogP contribution in [0.3, 0.4) is 0 Å². The molecule has 3 aromatic rings. The zero-order valence-electron chi connectivity index (χ0n) is 19.9. The number of aromatic nitrogens is 2. The van der Waals surface area contributed by atoms with Gasteiger partial charge in [-0.05, 0) is 49.2 Å². The molecule has 1 amide bonds. The van der Waals surface area contributed by atoms with Gasteiger partial charge in [0.15, 0.2) is 11.5 Å². The molecule has 0 aliphatic carbocycles. The van der Waals surface area contributed by atoms with Crippen LogP contribution in [0.5, 0.6) is 17.2 Å². The summed E-state index contributed by atoms with van der Waals surface area (Å²) in [6, 6.07) is 9.10. The van der Waals surface area contributed by atoms with E-state index in [0.29, 0.717) is 47.2 Å². The van der Waals surface area contributed by atoms with Crippen molar-refractivity contribution in [2.24, 2.45) is 5.92 Å². The monoisotopic (exact) mass is 536 g/mol. The van der Waals surface area contributed by atoms with E-state index < -0.39 is 21.8 Å². The van der Waals surface area contributed by atoms with Crippen molar-refractivity contribution in [3.05, 3.63) is 41.4 Å². The Balaban J connectivity index is 1.47. The van der Waals surface area contributed by atoms with Crippen molar-refractivity contribution >= 4 is 33.5 Å². The lowest BCUT2D eigenvalue weighted by Crippen LogP contribution is -2.43. The van der Waals surface area contributed by atoms with Crippen molar-refractivity contribution in [2.45, 2.75) is 17.7 Å². The number of carbonyl (C=O) groups is 1. The maximum atomic E-state index is 13.0. The molecule has 0 bridgehead atoms. The number of ether oxygens (including phenoxy) is 3. The Morgan fingerprint density at radius 2 is 1.75 bits per heavy atom. The Labute approximate surface area is 213 Å². The van der Waals surface area contributed by atoms with Crippen LogP contribution in [0, 0.1) is 5.92 Å². The summed E-state index contributed by atoms with van der Waals surface area (Å²) < 4.78 is 49.0. The second-order valence-corrected chi connectivity index (χ2v) is 10.3. The second-order valence-electron chi connectivity index (χ2n) is 7.97. The number of amides is 1. The second kappa shape index (κ2) is 10.7. The van der Waals surface area contributed by atoms with Crippen LogP contribution in [0.15, 0.2) is 45.7 Å². The molecule has 0 saturated carbocycles. The lowest BCUT2D eigenvalue weighted by Gasteiger charge is -2.30. The highest BCUT2D eigenvalue weighted by molar-refractivity contribution is 7.89. The van der Waals surface area contributed by atoms with Crippen molar-refractivity contribution in [3.8, 4) is 28.7 Å². The van der Waals surface area contributed by atoms with Gasteiger partial charge in [0, 0.05) is 23.7 Å². The molecule has 4 rings (SSSR count). The third kappa shape index (κ3) is 5.25. The van der Waals surface area contributed by atoms with Gasteiger partial charge in [0.05, 0.1) is 32.1 Å². The first kappa shape index (κ1) is 25.7. The number of hydrogen-bond acceptors (Lipinski definition) is 9. The molecule has 1 aromatic heterocycles. The molecule has 1 N–H and O–H groups in total. The number of carbonyl (C=O) groups excluding carboxylic acids is 1. The molecule has 2 heterocycles. The summed E-state index contributed by atoms with van der Waals surface area (Å²) in [6.07, 6.45) is 1.05. The summed E-state index contributed by atoms with van der Waals surface area (Å²) in [6.45, 7) is 0.352. The first-order chi connectivity index (χ1) is 17.3. The average Bonchev–Trinajstić information content (AvgIpc) is 3.36. The summed E-state index contributed by atoms with van der Waals surface area (Å²) in [7, 11) is 0.708. The zero-order valence-corrected chi connectivity index (χ0v) is 21.4. The van der Waals surface area contributed by atoms with E-state index in [9.17, 15) is 13.2 Å². The first-order valence-electron chi connectivity index (χ1n) is 11.0. The molecule has 13 heteroatoms. The van der Waals surface area contributed by atoms with Crippen LogP contribution in [0.1, 0.15) is 12.8 Å². The molecule has 36 heavy (non-hydrogen) atoms. The fourth-order valence-corrected chi connectivity index (χ4v) is 5.58. The maximum absolute atomic E-state index is 13.0. The first-order valence-corrected chi connectivity index (χ1v) is 12.8. The fraction of sp³-hybridized carbons (Fsp3) is 0.348. The lowest BCUT2D eigenvalue weighted by molar-refractivity contribution is -0.121. The molecule has 1 saturated heterocycles. The molecule has 2 aromatic carbocycles. The minimum absolute atomic E-state index is 0.0324. The van der Waals surface area contributed by atoms with Gasteiger partial charge < -0.3 is 18.6 Å². The predicted molar refractivity (Wildman–Crippen MR) is 131 cm³/mol. The molecule has 1 unspecified atom stereocenters. The molecule has 0 spiro atoms. The van der Waals surface area contributed by atoms with Gasteiger partial charge in [0.25, 0.3) is 0 Å². The molecular formula is C23H25ClN4O7S. The van der Waals surface area contributed by atoms with Crippen LogP contribution in [0.2, 0.25) is 5.02 Å². The molecule has 11 nitrogen and oxygen atoms in total. The number of hydrogen-bond donors (Lipinski definition) is 1. The van der Waals surface area contributed by atoms with E-state index in [-0.39, 0.29) is 23.3 Å². The Hall–Kier alpha value is -3.35. The van der Waals surface area contributed by atoms with Crippen molar-refractivity contribution in [1.82, 2.24) is 14.5 Å². The van der Waals surface area contributed by atoms with Crippen LogP contribution < -0.4 is 19.5 Å². The van der Waals surface area contributed by atoms with E-state index >= 15 is 0 Å². The van der Waals surface area contributed by atoms with Crippen molar-refractivity contribution < 1.29 is 31.8 Å². The Morgan fingerprint density at radius 3 is 2.36 bits per heavy atom. The summed E-state index contributed by atoms with van der Waals surface area (Å²) in [4.78, 5) is 13.0. The number of halogens is 1. The largest absolute Gasteiger partial charge is 0.493 e. The Morgan fingerprint density at radius 1 is 1.08 bits per heavy atom. The number of sulfonamides is 1. The number of nitrogens with one attached hydrogen (secondary N) is 1. The van der Waals surface area contributed by atoms with Crippen LogP contribution in [0.4, 0.5) is 6.01 Å². The number of methoxy groups -OCH3 is 3. The average molecular weight is 537 g/mol. The zero-order chi connectivity index (χ0) is 25.9. The van der Waals surface area contributed by atoms with Crippen molar-refractivity contribution in [3.63, 3.8) is 0 Å². The molecule has 1 aliphatic heterocycles. The number of piperidine rings is 1. The lowest BCUT2D eigenvalue weighted by atomic mass is 9.99. The van der Waals surface area contributed by atoms with Crippen LogP contribution in [-0.4, -0.2) is 63.2 Å². The van der Waals surface area contributed by atoms with E-state index in [1.54, 1.807) is 12.1 Å². The number of nitrogens with zero attached hydrogens (tertiary/aromatic N) is 3. The minimum atomic E-state index is -3.76. The maximum Gasteiger partial charge on any atom is 0.322 e. The van der Waals surface area contributed by atoms with Gasteiger partial charge in [0.1, 0.15) is 0 Å². The van der Waals surface area contributed by atoms with Crippen LogP contribution in [0.25, 0.3) is 11.5 Å². The number of rotatable bonds is 8. The van der Waals surface area contributed by atoms with Gasteiger partial charge in [0.2, 0.25) is 27.6 Å². The van der Waals surface area contributed by atoms with Gasteiger partial charge in [-0.25, -0.2) is 8.42 Å². The molecule has 1 aliphatic rings. The highest BCUT2D eigenvalue weighted by atomic mass is 35.5. The highest BCUT2D eigenvalue weighted by Gasteiger charge is 2.34. The van der Waals surface area contributed by atoms with Gasteiger partial charge in [-0.2, -0.15) is 4.31 Å². The molecular weight excluding hydrogens is 512 g/mol. The third-order valence-corrected chi connectivity index (χ3v) is 7.90. The molecule has 1 fully saturated rings.